The predicted molar refractivity (Wildman–Crippen MR) is 81.9 cm³/mol. The highest BCUT2D eigenvalue weighted by molar-refractivity contribution is 5.85. The Kier molecular flexibility index (Phi) is 6.30. The largest absolute Gasteiger partial charge is 0.319 e. The summed E-state index contributed by atoms with van der Waals surface area (Å²) < 4.78 is 2.08. The first-order valence-corrected chi connectivity index (χ1v) is 7.01. The highest BCUT2D eigenvalue weighted by Gasteiger charge is 2.22. The van der Waals surface area contributed by atoms with Crippen LogP contribution in [0.4, 0.5) is 0 Å². The van der Waals surface area contributed by atoms with E-state index in [-0.39, 0.29) is 12.4 Å². The van der Waals surface area contributed by atoms with E-state index in [0.29, 0.717) is 6.04 Å². The predicted octanol–water partition coefficient (Wildman–Crippen LogP) is 2.24. The fourth-order valence-electron chi connectivity index (χ4n) is 2.69. The lowest BCUT2D eigenvalue weighted by Crippen LogP contribution is -2.24. The second kappa shape index (κ2) is 7.27. The van der Waals surface area contributed by atoms with Crippen molar-refractivity contribution in [2.24, 2.45) is 5.92 Å². The fraction of sp³-hybridized carbons (Fsp3) is 0.786. The van der Waals surface area contributed by atoms with Gasteiger partial charge in [0.2, 0.25) is 0 Å². The molecule has 1 aliphatic heterocycles. The molecule has 2 heterocycles. The minimum absolute atomic E-state index is 0. The molecule has 5 heteroatoms. The van der Waals surface area contributed by atoms with Crippen LogP contribution in [0.3, 0.4) is 0 Å². The normalized spacial score (nSPS) is 19.9. The summed E-state index contributed by atoms with van der Waals surface area (Å²) in [7, 11) is 2.04. The van der Waals surface area contributed by atoms with Gasteiger partial charge in [0.25, 0.3) is 0 Å². The second-order valence-electron chi connectivity index (χ2n) is 5.76. The molecule has 0 bridgehead atoms. The number of nitrogens with zero attached hydrogens (tertiary/aromatic N) is 3. The van der Waals surface area contributed by atoms with Crippen molar-refractivity contribution >= 4 is 12.4 Å². The number of rotatable bonds is 5. The molecule has 1 aromatic rings. The molecule has 4 nitrogen and oxygen atoms in total. The number of aryl methyl sites for hydroxylation is 1. The van der Waals surface area contributed by atoms with Crippen molar-refractivity contribution < 1.29 is 0 Å². The highest BCUT2D eigenvalue weighted by atomic mass is 35.5. The number of aromatic nitrogens is 2. The Morgan fingerprint density at radius 3 is 2.79 bits per heavy atom. The van der Waals surface area contributed by atoms with Crippen LogP contribution >= 0.6 is 12.4 Å². The summed E-state index contributed by atoms with van der Waals surface area (Å²) >= 11 is 0. The molecular formula is C14H27ClN4. The molecule has 19 heavy (non-hydrogen) atoms. The summed E-state index contributed by atoms with van der Waals surface area (Å²) in [5, 5.41) is 7.87. The lowest BCUT2D eigenvalue weighted by molar-refractivity contribution is 0.314. The van der Waals surface area contributed by atoms with Crippen molar-refractivity contribution in [3.63, 3.8) is 0 Å². The van der Waals surface area contributed by atoms with Gasteiger partial charge in [-0.1, -0.05) is 0 Å². The van der Waals surface area contributed by atoms with Crippen LogP contribution in [-0.2, 0) is 6.54 Å². The molecule has 1 fully saturated rings. The van der Waals surface area contributed by atoms with Crippen molar-refractivity contribution in [1.82, 2.24) is 20.0 Å². The van der Waals surface area contributed by atoms with Crippen molar-refractivity contribution in [3.8, 4) is 0 Å². The van der Waals surface area contributed by atoms with Crippen LogP contribution in [0.2, 0.25) is 0 Å². The number of likely N-dealkylation sites (tertiary alicyclic amines) is 1. The zero-order chi connectivity index (χ0) is 13.1. The van der Waals surface area contributed by atoms with Gasteiger partial charge in [-0.3, -0.25) is 9.58 Å². The molecule has 110 valence electrons. The van der Waals surface area contributed by atoms with Gasteiger partial charge in [0.05, 0.1) is 5.69 Å². The van der Waals surface area contributed by atoms with Gasteiger partial charge in [-0.15, -0.1) is 12.4 Å². The minimum Gasteiger partial charge on any atom is -0.319 e. The van der Waals surface area contributed by atoms with E-state index in [2.05, 4.69) is 47.0 Å². The van der Waals surface area contributed by atoms with E-state index >= 15 is 0 Å². The van der Waals surface area contributed by atoms with Crippen LogP contribution in [-0.4, -0.2) is 41.4 Å². The molecule has 1 aromatic heterocycles. The molecule has 1 unspecified atom stereocenters. The van der Waals surface area contributed by atoms with Crippen LogP contribution in [0.1, 0.15) is 37.6 Å². The quantitative estimate of drug-likeness (QED) is 0.901. The van der Waals surface area contributed by atoms with Gasteiger partial charge < -0.3 is 5.32 Å². The van der Waals surface area contributed by atoms with E-state index in [1.807, 2.05) is 7.05 Å². The van der Waals surface area contributed by atoms with Gasteiger partial charge >= 0.3 is 0 Å². The van der Waals surface area contributed by atoms with Crippen LogP contribution in [0.5, 0.6) is 0 Å². The Balaban J connectivity index is 0.00000180. The average Bonchev–Trinajstić information content (AvgIpc) is 2.88. The third-order valence-corrected chi connectivity index (χ3v) is 3.80. The van der Waals surface area contributed by atoms with Crippen molar-refractivity contribution in [1.29, 1.82) is 0 Å². The van der Waals surface area contributed by atoms with Crippen LogP contribution < -0.4 is 5.32 Å². The molecule has 1 N–H and O–H groups in total. The Morgan fingerprint density at radius 2 is 2.21 bits per heavy atom. The number of halogens is 1. The van der Waals surface area contributed by atoms with Gasteiger partial charge in [0, 0.05) is 30.9 Å². The van der Waals surface area contributed by atoms with E-state index in [9.17, 15) is 0 Å². The molecule has 0 saturated carbocycles. The number of nitrogens with one attached hydrogen (secondary N) is 1. The monoisotopic (exact) mass is 286 g/mol. The first kappa shape index (κ1) is 16.5. The molecule has 0 radical (unpaired) electrons. The Bertz CT molecular complexity index is 389. The van der Waals surface area contributed by atoms with Crippen molar-refractivity contribution in [3.05, 3.63) is 17.5 Å². The van der Waals surface area contributed by atoms with Crippen LogP contribution in [0.25, 0.3) is 0 Å². The molecule has 1 atom stereocenters. The maximum Gasteiger partial charge on any atom is 0.0638 e. The summed E-state index contributed by atoms with van der Waals surface area (Å²) in [6, 6.07) is 0.452. The number of hydrogen-bond acceptors (Lipinski definition) is 3. The zero-order valence-corrected chi connectivity index (χ0v) is 13.3. The van der Waals surface area contributed by atoms with Crippen molar-refractivity contribution in [2.75, 3.05) is 26.7 Å². The van der Waals surface area contributed by atoms with E-state index in [0.717, 1.165) is 19.0 Å². The van der Waals surface area contributed by atoms with Gasteiger partial charge in [0.1, 0.15) is 0 Å². The second-order valence-corrected chi connectivity index (χ2v) is 5.76. The molecule has 0 amide bonds. The lowest BCUT2D eigenvalue weighted by atomic mass is 10.1. The van der Waals surface area contributed by atoms with Crippen LogP contribution in [0, 0.1) is 12.8 Å². The average molecular weight is 287 g/mol. The molecule has 0 spiro atoms. The van der Waals surface area contributed by atoms with Gasteiger partial charge in [-0.25, -0.2) is 0 Å². The molecule has 2 rings (SSSR count). The topological polar surface area (TPSA) is 33.1 Å². The summed E-state index contributed by atoms with van der Waals surface area (Å²) in [5.74, 6) is 0.815. The zero-order valence-electron chi connectivity index (χ0n) is 12.5. The third-order valence-electron chi connectivity index (χ3n) is 3.80. The van der Waals surface area contributed by atoms with E-state index in [4.69, 9.17) is 0 Å². The minimum atomic E-state index is 0. The Labute approximate surface area is 123 Å². The third kappa shape index (κ3) is 4.20. The van der Waals surface area contributed by atoms with Gasteiger partial charge in [-0.2, -0.15) is 5.10 Å². The lowest BCUT2D eigenvalue weighted by Gasteiger charge is -2.15. The number of hydrogen-bond donors (Lipinski definition) is 1. The summed E-state index contributed by atoms with van der Waals surface area (Å²) in [6.45, 7) is 11.1. The van der Waals surface area contributed by atoms with E-state index in [1.54, 1.807) is 0 Å². The summed E-state index contributed by atoms with van der Waals surface area (Å²) in [5.41, 5.74) is 2.56. The molecule has 1 aliphatic rings. The summed E-state index contributed by atoms with van der Waals surface area (Å²) in [4.78, 5) is 2.55. The van der Waals surface area contributed by atoms with E-state index < -0.39 is 0 Å². The van der Waals surface area contributed by atoms with Gasteiger partial charge in [0.15, 0.2) is 0 Å². The molecule has 0 aliphatic carbocycles. The molecule has 0 aromatic carbocycles. The standard InChI is InChI=1S/C14H26N4.ClH/c1-11(2)18-10-14(12(3)16-18)9-17-6-5-13(8-17)7-15-4;/h10-11,13,15H,5-9H2,1-4H3;1H. The Morgan fingerprint density at radius 1 is 1.47 bits per heavy atom. The maximum atomic E-state index is 4.59. The van der Waals surface area contributed by atoms with Crippen molar-refractivity contribution in [2.45, 2.75) is 39.8 Å². The first-order chi connectivity index (χ1) is 8.60. The SMILES string of the molecule is CNCC1CCN(Cc2cn(C(C)C)nc2C)C1.Cl. The smallest absolute Gasteiger partial charge is 0.0638 e. The molecule has 1 saturated heterocycles. The summed E-state index contributed by atoms with van der Waals surface area (Å²) in [6.07, 6.45) is 3.53. The Hall–Kier alpha value is -0.580. The van der Waals surface area contributed by atoms with Gasteiger partial charge in [-0.05, 0) is 53.2 Å². The maximum absolute atomic E-state index is 4.59. The first-order valence-electron chi connectivity index (χ1n) is 7.01. The molecular weight excluding hydrogens is 260 g/mol. The fourth-order valence-corrected chi connectivity index (χ4v) is 2.69. The van der Waals surface area contributed by atoms with E-state index in [1.165, 1.54) is 30.8 Å². The highest BCUT2D eigenvalue weighted by Crippen LogP contribution is 2.20. The van der Waals surface area contributed by atoms with Crippen LogP contribution in [0.15, 0.2) is 6.20 Å².